The minimum Gasteiger partial charge on any atom is -0.506 e. The summed E-state index contributed by atoms with van der Waals surface area (Å²) in [6, 6.07) is 10.3. The molecule has 0 atom stereocenters. The summed E-state index contributed by atoms with van der Waals surface area (Å²) in [5.41, 5.74) is 1.88. The minimum absolute atomic E-state index is 0.0295. The number of methoxy groups -OCH3 is 1. The molecule has 98 valence electrons. The van der Waals surface area contributed by atoms with Crippen LogP contribution in [-0.4, -0.2) is 23.5 Å². The first-order valence-corrected chi connectivity index (χ1v) is 5.82. The predicted octanol–water partition coefficient (Wildman–Crippen LogP) is 3.17. The lowest BCUT2D eigenvalue weighted by atomic mass is 10.1. The maximum Gasteiger partial charge on any atom is 0.166 e. The van der Waals surface area contributed by atoms with Gasteiger partial charge >= 0.3 is 0 Å². The van der Waals surface area contributed by atoms with Crippen LogP contribution in [-0.2, 0) is 0 Å². The maximum absolute atomic E-state index is 9.93. The largest absolute Gasteiger partial charge is 0.506 e. The SMILES string of the molecule is COc1cccc(C=Nc2c(C)cccc2O)c1O. The summed E-state index contributed by atoms with van der Waals surface area (Å²) in [6.45, 7) is 1.86. The van der Waals surface area contributed by atoms with Crippen LogP contribution in [0.1, 0.15) is 11.1 Å². The number of rotatable bonds is 3. The normalized spacial score (nSPS) is 10.8. The number of aliphatic imine (C=N–C) groups is 1. The summed E-state index contributed by atoms with van der Waals surface area (Å²) >= 11 is 0. The Hall–Kier alpha value is -2.49. The second-order valence-corrected chi connectivity index (χ2v) is 4.10. The Morgan fingerprint density at radius 3 is 2.53 bits per heavy atom. The van der Waals surface area contributed by atoms with Crippen molar-refractivity contribution in [2.45, 2.75) is 6.92 Å². The van der Waals surface area contributed by atoms with Gasteiger partial charge in [0.05, 0.1) is 7.11 Å². The van der Waals surface area contributed by atoms with Crippen LogP contribution in [0.15, 0.2) is 41.4 Å². The Labute approximate surface area is 111 Å². The molecule has 0 amide bonds. The van der Waals surface area contributed by atoms with Crippen LogP contribution in [0.5, 0.6) is 17.2 Å². The summed E-state index contributed by atoms with van der Waals surface area (Å²) < 4.78 is 5.02. The summed E-state index contributed by atoms with van der Waals surface area (Å²) in [7, 11) is 1.49. The number of phenols is 2. The molecule has 2 aromatic carbocycles. The molecule has 2 aromatic rings. The standard InChI is InChI=1S/C15H15NO3/c1-10-5-3-7-12(17)14(10)16-9-11-6-4-8-13(19-2)15(11)18/h3-9,17-18H,1-2H3. The molecule has 0 radical (unpaired) electrons. The zero-order chi connectivity index (χ0) is 13.8. The van der Waals surface area contributed by atoms with Gasteiger partial charge in [-0.05, 0) is 30.7 Å². The number of hydrogen-bond acceptors (Lipinski definition) is 4. The Balaban J connectivity index is 2.38. The smallest absolute Gasteiger partial charge is 0.166 e. The maximum atomic E-state index is 9.93. The molecule has 4 nitrogen and oxygen atoms in total. The van der Waals surface area contributed by atoms with Gasteiger partial charge in [-0.1, -0.05) is 18.2 Å². The third kappa shape index (κ3) is 2.68. The summed E-state index contributed by atoms with van der Waals surface area (Å²) in [5.74, 6) is 0.526. The van der Waals surface area contributed by atoms with E-state index in [1.807, 2.05) is 13.0 Å². The van der Waals surface area contributed by atoms with Gasteiger partial charge in [-0.15, -0.1) is 0 Å². The minimum atomic E-state index is 0.0295. The van der Waals surface area contributed by atoms with E-state index >= 15 is 0 Å². The van der Waals surface area contributed by atoms with E-state index in [0.29, 0.717) is 17.0 Å². The molecule has 0 aliphatic heterocycles. The van der Waals surface area contributed by atoms with Crippen molar-refractivity contribution < 1.29 is 14.9 Å². The highest BCUT2D eigenvalue weighted by Crippen LogP contribution is 2.31. The van der Waals surface area contributed by atoms with Crippen LogP contribution in [0, 0.1) is 6.92 Å². The monoisotopic (exact) mass is 257 g/mol. The predicted molar refractivity (Wildman–Crippen MR) is 74.8 cm³/mol. The van der Waals surface area contributed by atoms with Crippen LogP contribution in [0.3, 0.4) is 0 Å². The number of aromatic hydroxyl groups is 2. The molecule has 0 spiro atoms. The fourth-order valence-corrected chi connectivity index (χ4v) is 1.75. The second kappa shape index (κ2) is 5.44. The lowest BCUT2D eigenvalue weighted by Crippen LogP contribution is -1.88. The van der Waals surface area contributed by atoms with E-state index < -0.39 is 0 Å². The molecule has 2 N–H and O–H groups in total. The van der Waals surface area contributed by atoms with Gasteiger partial charge in [0.2, 0.25) is 0 Å². The van der Waals surface area contributed by atoms with Gasteiger partial charge in [0.25, 0.3) is 0 Å². The van der Waals surface area contributed by atoms with E-state index in [4.69, 9.17) is 4.74 Å². The van der Waals surface area contributed by atoms with E-state index in [1.165, 1.54) is 13.3 Å². The molecule has 19 heavy (non-hydrogen) atoms. The van der Waals surface area contributed by atoms with E-state index in [9.17, 15) is 10.2 Å². The van der Waals surface area contributed by atoms with Crippen molar-refractivity contribution in [3.05, 3.63) is 47.5 Å². The van der Waals surface area contributed by atoms with E-state index in [-0.39, 0.29) is 11.5 Å². The zero-order valence-electron chi connectivity index (χ0n) is 10.8. The number of aryl methyl sites for hydroxylation is 1. The van der Waals surface area contributed by atoms with Gasteiger partial charge in [0.15, 0.2) is 11.5 Å². The molecular weight excluding hydrogens is 242 g/mol. The van der Waals surface area contributed by atoms with Crippen molar-refractivity contribution in [3.63, 3.8) is 0 Å². The van der Waals surface area contributed by atoms with Gasteiger partial charge in [-0.3, -0.25) is 4.99 Å². The van der Waals surface area contributed by atoms with E-state index in [1.54, 1.807) is 30.3 Å². The van der Waals surface area contributed by atoms with Crippen molar-refractivity contribution in [3.8, 4) is 17.2 Å². The van der Waals surface area contributed by atoms with Crippen LogP contribution >= 0.6 is 0 Å². The van der Waals surface area contributed by atoms with Gasteiger partial charge in [-0.25, -0.2) is 0 Å². The fraction of sp³-hybridized carbons (Fsp3) is 0.133. The molecule has 0 unspecified atom stereocenters. The highest BCUT2D eigenvalue weighted by molar-refractivity contribution is 5.87. The number of benzene rings is 2. The molecule has 2 rings (SSSR count). The first-order valence-electron chi connectivity index (χ1n) is 5.82. The van der Waals surface area contributed by atoms with Crippen molar-refractivity contribution in [1.29, 1.82) is 0 Å². The van der Waals surface area contributed by atoms with Crippen LogP contribution < -0.4 is 4.74 Å². The van der Waals surface area contributed by atoms with Crippen LogP contribution in [0.25, 0.3) is 0 Å². The highest BCUT2D eigenvalue weighted by atomic mass is 16.5. The molecular formula is C15H15NO3. The topological polar surface area (TPSA) is 62.0 Å². The lowest BCUT2D eigenvalue weighted by molar-refractivity contribution is 0.373. The number of ether oxygens (including phenoxy) is 1. The molecule has 0 bridgehead atoms. The van der Waals surface area contributed by atoms with Crippen molar-refractivity contribution in [2.75, 3.05) is 7.11 Å². The Morgan fingerprint density at radius 2 is 1.84 bits per heavy atom. The average Bonchev–Trinajstić information content (AvgIpc) is 2.40. The lowest BCUT2D eigenvalue weighted by Gasteiger charge is -2.06. The van der Waals surface area contributed by atoms with Gasteiger partial charge in [0, 0.05) is 11.8 Å². The first kappa shape index (κ1) is 13.0. The molecule has 0 aliphatic carbocycles. The highest BCUT2D eigenvalue weighted by Gasteiger charge is 2.06. The summed E-state index contributed by atoms with van der Waals surface area (Å²) in [4.78, 5) is 4.22. The van der Waals surface area contributed by atoms with Crippen molar-refractivity contribution in [2.24, 2.45) is 4.99 Å². The zero-order valence-corrected chi connectivity index (χ0v) is 10.8. The Morgan fingerprint density at radius 1 is 1.11 bits per heavy atom. The van der Waals surface area contributed by atoms with Crippen LogP contribution in [0.4, 0.5) is 5.69 Å². The van der Waals surface area contributed by atoms with Gasteiger partial charge in [0.1, 0.15) is 11.4 Å². The Bertz CT molecular complexity index is 601. The van der Waals surface area contributed by atoms with Crippen LogP contribution in [0.2, 0.25) is 0 Å². The van der Waals surface area contributed by atoms with Crippen molar-refractivity contribution >= 4 is 11.9 Å². The third-order valence-corrected chi connectivity index (χ3v) is 2.80. The molecule has 0 heterocycles. The molecule has 0 aliphatic rings. The number of para-hydroxylation sites is 2. The molecule has 0 aromatic heterocycles. The summed E-state index contributed by atoms with van der Waals surface area (Å²) in [6.07, 6.45) is 1.50. The van der Waals surface area contributed by atoms with Gasteiger partial charge in [-0.2, -0.15) is 0 Å². The third-order valence-electron chi connectivity index (χ3n) is 2.80. The quantitative estimate of drug-likeness (QED) is 0.830. The van der Waals surface area contributed by atoms with E-state index in [0.717, 1.165) is 5.56 Å². The number of hydrogen-bond donors (Lipinski definition) is 2. The molecule has 0 fully saturated rings. The van der Waals surface area contributed by atoms with Crippen molar-refractivity contribution in [1.82, 2.24) is 0 Å². The van der Waals surface area contributed by atoms with E-state index in [2.05, 4.69) is 4.99 Å². The molecule has 4 heteroatoms. The second-order valence-electron chi connectivity index (χ2n) is 4.10. The number of nitrogens with zero attached hydrogens (tertiary/aromatic N) is 1. The fourth-order valence-electron chi connectivity index (χ4n) is 1.75. The summed E-state index contributed by atoms with van der Waals surface area (Å²) in [5, 5.41) is 19.7. The molecule has 0 saturated heterocycles. The molecule has 0 saturated carbocycles. The Kier molecular flexibility index (Phi) is 3.71. The van der Waals surface area contributed by atoms with Gasteiger partial charge < -0.3 is 14.9 Å². The average molecular weight is 257 g/mol. The number of phenolic OH excluding ortho intramolecular Hbond substituents is 2. The first-order chi connectivity index (χ1) is 9.13.